The van der Waals surface area contributed by atoms with Crippen LogP contribution in [0.3, 0.4) is 0 Å². The number of aromatic amines is 1. The molecule has 0 fully saturated rings. The molecular weight excluding hydrogens is 340 g/mol. The number of nitrogens with zero attached hydrogens (tertiary/aromatic N) is 1. The predicted molar refractivity (Wildman–Crippen MR) is 97.1 cm³/mol. The second-order valence-electron chi connectivity index (χ2n) is 5.74. The number of hydrazone groups is 1. The summed E-state index contributed by atoms with van der Waals surface area (Å²) in [6.07, 6.45) is 3.58. The Balaban J connectivity index is 1.62. The van der Waals surface area contributed by atoms with Crippen molar-refractivity contribution in [1.82, 2.24) is 10.4 Å². The Labute approximate surface area is 147 Å². The van der Waals surface area contributed by atoms with Gasteiger partial charge in [0.25, 0.3) is 5.91 Å². The van der Waals surface area contributed by atoms with Gasteiger partial charge in [-0.15, -0.1) is 0 Å². The molecule has 0 saturated heterocycles. The summed E-state index contributed by atoms with van der Waals surface area (Å²) in [5, 5.41) is 8.12. The average molecular weight is 353 g/mol. The van der Waals surface area contributed by atoms with Crippen LogP contribution in [0.4, 0.5) is 5.69 Å². The van der Waals surface area contributed by atoms with E-state index in [-0.39, 0.29) is 18.2 Å². The van der Waals surface area contributed by atoms with Crippen molar-refractivity contribution >= 4 is 46.2 Å². The number of rotatable bonds is 3. The van der Waals surface area contributed by atoms with Crippen LogP contribution in [-0.4, -0.2) is 23.0 Å². The molecule has 7 heteroatoms. The fourth-order valence-corrected chi connectivity index (χ4v) is 2.99. The first-order valence-corrected chi connectivity index (χ1v) is 8.01. The van der Waals surface area contributed by atoms with Gasteiger partial charge in [-0.05, 0) is 29.8 Å². The first-order valence-electron chi connectivity index (χ1n) is 7.63. The first-order chi connectivity index (χ1) is 12.1. The zero-order valence-corrected chi connectivity index (χ0v) is 13.7. The van der Waals surface area contributed by atoms with Gasteiger partial charge in [0.05, 0.1) is 18.2 Å². The number of hydrogen-bond acceptors (Lipinski definition) is 3. The van der Waals surface area contributed by atoms with E-state index in [0.29, 0.717) is 16.3 Å². The molecular formula is C18H13ClN4O2. The van der Waals surface area contributed by atoms with Crippen molar-refractivity contribution in [3.8, 4) is 0 Å². The van der Waals surface area contributed by atoms with Gasteiger partial charge in [0, 0.05) is 33.4 Å². The molecule has 2 aromatic carbocycles. The molecule has 4 rings (SSSR count). The van der Waals surface area contributed by atoms with E-state index in [1.165, 1.54) is 0 Å². The lowest BCUT2D eigenvalue weighted by atomic mass is 10.0. The lowest BCUT2D eigenvalue weighted by Crippen LogP contribution is -2.18. The van der Waals surface area contributed by atoms with E-state index in [1.807, 2.05) is 0 Å². The second kappa shape index (κ2) is 6.07. The van der Waals surface area contributed by atoms with E-state index in [9.17, 15) is 9.59 Å². The number of hydrogen-bond donors (Lipinski definition) is 3. The van der Waals surface area contributed by atoms with Crippen molar-refractivity contribution < 1.29 is 9.59 Å². The van der Waals surface area contributed by atoms with E-state index in [4.69, 9.17) is 11.6 Å². The van der Waals surface area contributed by atoms with Crippen molar-refractivity contribution in [1.29, 1.82) is 0 Å². The van der Waals surface area contributed by atoms with Crippen molar-refractivity contribution in [2.75, 3.05) is 5.32 Å². The highest BCUT2D eigenvalue weighted by Crippen LogP contribution is 2.27. The lowest BCUT2D eigenvalue weighted by molar-refractivity contribution is -0.115. The Morgan fingerprint density at radius 2 is 2.00 bits per heavy atom. The van der Waals surface area contributed by atoms with Gasteiger partial charge in [0.15, 0.2) is 0 Å². The van der Waals surface area contributed by atoms with Crippen LogP contribution < -0.4 is 10.7 Å². The molecule has 1 aliphatic heterocycles. The van der Waals surface area contributed by atoms with Gasteiger partial charge in [-0.1, -0.05) is 23.7 Å². The highest BCUT2D eigenvalue weighted by molar-refractivity contribution is 6.30. The summed E-state index contributed by atoms with van der Waals surface area (Å²) in [6, 6.07) is 10.6. The molecule has 6 nitrogen and oxygen atoms in total. The molecule has 0 saturated carbocycles. The molecule has 1 aliphatic rings. The molecule has 0 atom stereocenters. The number of carbonyl (C=O) groups is 2. The third kappa shape index (κ3) is 2.99. The van der Waals surface area contributed by atoms with Gasteiger partial charge in [-0.3, -0.25) is 9.59 Å². The minimum absolute atomic E-state index is 0.175. The van der Waals surface area contributed by atoms with E-state index in [1.54, 1.807) is 48.8 Å². The monoisotopic (exact) mass is 352 g/mol. The lowest BCUT2D eigenvalue weighted by Gasteiger charge is -2.09. The van der Waals surface area contributed by atoms with Gasteiger partial charge in [0.2, 0.25) is 5.91 Å². The number of anilines is 1. The SMILES string of the molecule is O=C(Cc1ccc(Cl)cc1)Nc1cc2c3c(c[nH]c3c1)C=NNC2=O. The number of halogens is 1. The van der Waals surface area contributed by atoms with Crippen LogP contribution in [0.15, 0.2) is 47.7 Å². The van der Waals surface area contributed by atoms with Crippen LogP contribution in [0.2, 0.25) is 5.02 Å². The molecule has 0 aliphatic carbocycles. The van der Waals surface area contributed by atoms with Gasteiger partial charge in [-0.25, -0.2) is 5.43 Å². The van der Waals surface area contributed by atoms with E-state index < -0.39 is 0 Å². The first kappa shape index (κ1) is 15.4. The van der Waals surface area contributed by atoms with Crippen molar-refractivity contribution in [3.05, 3.63) is 64.3 Å². The summed E-state index contributed by atoms with van der Waals surface area (Å²) in [7, 11) is 0. The van der Waals surface area contributed by atoms with Crippen LogP contribution in [0.5, 0.6) is 0 Å². The highest BCUT2D eigenvalue weighted by Gasteiger charge is 2.18. The largest absolute Gasteiger partial charge is 0.360 e. The molecule has 124 valence electrons. The van der Waals surface area contributed by atoms with E-state index in [0.717, 1.165) is 22.0 Å². The minimum Gasteiger partial charge on any atom is -0.360 e. The van der Waals surface area contributed by atoms with E-state index >= 15 is 0 Å². The fourth-order valence-electron chi connectivity index (χ4n) is 2.86. The molecule has 2 amide bonds. The number of amides is 2. The summed E-state index contributed by atoms with van der Waals surface area (Å²) < 4.78 is 0. The molecule has 2 heterocycles. The number of nitrogens with one attached hydrogen (secondary N) is 3. The van der Waals surface area contributed by atoms with Crippen molar-refractivity contribution in [2.45, 2.75) is 6.42 Å². The van der Waals surface area contributed by atoms with Crippen molar-refractivity contribution in [3.63, 3.8) is 0 Å². The van der Waals surface area contributed by atoms with Crippen LogP contribution >= 0.6 is 11.6 Å². The highest BCUT2D eigenvalue weighted by atomic mass is 35.5. The molecule has 25 heavy (non-hydrogen) atoms. The zero-order chi connectivity index (χ0) is 17.4. The van der Waals surface area contributed by atoms with E-state index in [2.05, 4.69) is 20.8 Å². The molecule has 0 radical (unpaired) electrons. The molecule has 0 bridgehead atoms. The quantitative estimate of drug-likeness (QED) is 0.676. The van der Waals surface area contributed by atoms with Gasteiger partial charge in [0.1, 0.15) is 0 Å². The van der Waals surface area contributed by atoms with Crippen LogP contribution in [0, 0.1) is 0 Å². The summed E-state index contributed by atoms with van der Waals surface area (Å²) in [5.41, 5.74) is 5.91. The number of aromatic nitrogens is 1. The summed E-state index contributed by atoms with van der Waals surface area (Å²) in [5.74, 6) is -0.487. The molecule has 1 aromatic heterocycles. The maximum Gasteiger partial charge on any atom is 0.272 e. The summed E-state index contributed by atoms with van der Waals surface area (Å²) in [6.45, 7) is 0. The standard InChI is InChI=1S/C18H13ClN4O2/c19-12-3-1-10(2-4-12)5-16(24)22-13-6-14-17-11(8-20-15(17)7-13)9-21-23-18(14)25/h1-4,6-9,20H,5H2,(H,22,24)(H,23,25). The molecule has 0 unspecified atom stereocenters. The third-order valence-electron chi connectivity index (χ3n) is 3.99. The van der Waals surface area contributed by atoms with Crippen LogP contribution in [0.1, 0.15) is 21.5 Å². The topological polar surface area (TPSA) is 86.3 Å². The third-order valence-corrected chi connectivity index (χ3v) is 4.24. The number of H-pyrrole nitrogens is 1. The maximum atomic E-state index is 12.3. The Bertz CT molecular complexity index is 1020. The van der Waals surface area contributed by atoms with Crippen LogP contribution in [0.25, 0.3) is 10.9 Å². The summed E-state index contributed by atoms with van der Waals surface area (Å²) >= 11 is 5.85. The van der Waals surface area contributed by atoms with Crippen molar-refractivity contribution in [2.24, 2.45) is 5.10 Å². The smallest absolute Gasteiger partial charge is 0.272 e. The predicted octanol–water partition coefficient (Wildman–Crippen LogP) is 3.08. The minimum atomic E-state index is -0.312. The number of carbonyl (C=O) groups excluding carboxylic acids is 2. The molecule has 3 aromatic rings. The fraction of sp³-hybridized carbons (Fsp3) is 0.0556. The Kier molecular flexibility index (Phi) is 3.74. The second-order valence-corrected chi connectivity index (χ2v) is 6.18. The van der Waals surface area contributed by atoms with Gasteiger partial charge < -0.3 is 10.3 Å². The zero-order valence-electron chi connectivity index (χ0n) is 13.0. The number of benzene rings is 2. The Morgan fingerprint density at radius 1 is 1.20 bits per heavy atom. The molecule has 3 N–H and O–H groups in total. The van der Waals surface area contributed by atoms with Gasteiger partial charge in [-0.2, -0.15) is 5.10 Å². The van der Waals surface area contributed by atoms with Gasteiger partial charge >= 0.3 is 0 Å². The normalized spacial score (nSPS) is 12.8. The summed E-state index contributed by atoms with van der Waals surface area (Å²) in [4.78, 5) is 27.6. The Hall–Kier alpha value is -3.12. The average Bonchev–Trinajstić information content (AvgIpc) is 2.91. The molecule has 0 spiro atoms. The maximum absolute atomic E-state index is 12.3. The van der Waals surface area contributed by atoms with Crippen LogP contribution in [-0.2, 0) is 11.2 Å². The Morgan fingerprint density at radius 3 is 2.80 bits per heavy atom.